The molecule has 0 aromatic carbocycles. The molecule has 0 aromatic heterocycles. The molecule has 0 N–H and O–H groups in total. The monoisotopic (exact) mass is 176 g/mol. The van der Waals surface area contributed by atoms with Gasteiger partial charge in [-0.3, -0.25) is 0 Å². The van der Waals surface area contributed by atoms with Gasteiger partial charge in [-0.2, -0.15) is 0 Å². The molecule has 0 saturated carbocycles. The molecule has 0 amide bonds. The van der Waals surface area contributed by atoms with E-state index in [0.29, 0.717) is 0 Å². The van der Waals surface area contributed by atoms with Crippen LogP contribution in [0, 0.1) is 5.41 Å². The molecule has 1 unspecified atom stereocenters. The second kappa shape index (κ2) is 2.67. The summed E-state index contributed by atoms with van der Waals surface area (Å²) >= 11 is 4.50. The van der Waals surface area contributed by atoms with Gasteiger partial charge < -0.3 is 0 Å². The van der Waals surface area contributed by atoms with Crippen molar-refractivity contribution >= 4 is 12.6 Å². The Morgan fingerprint density at radius 1 is 1.33 bits per heavy atom. The lowest BCUT2D eigenvalue weighted by Crippen LogP contribution is -2.21. The first-order valence-electron chi connectivity index (χ1n) is 4.18. The minimum Gasteiger partial charge on any atom is -0.147 e. The SMILES string of the molecule is CC12CC=CC=C1C=CC=C2S. The van der Waals surface area contributed by atoms with Crippen LogP contribution in [0.4, 0.5) is 0 Å². The van der Waals surface area contributed by atoms with Crippen LogP contribution in [0.1, 0.15) is 13.3 Å². The summed E-state index contributed by atoms with van der Waals surface area (Å²) in [5, 5.41) is 0. The maximum Gasteiger partial charge on any atom is 0.0266 e. The van der Waals surface area contributed by atoms with E-state index >= 15 is 0 Å². The Hall–Kier alpha value is -0.690. The minimum absolute atomic E-state index is 0.145. The molecular weight excluding hydrogens is 164 g/mol. The average Bonchev–Trinajstić information content (AvgIpc) is 2.07. The first kappa shape index (κ1) is 7.93. The van der Waals surface area contributed by atoms with E-state index in [9.17, 15) is 0 Å². The van der Waals surface area contributed by atoms with Crippen molar-refractivity contribution < 1.29 is 0 Å². The number of thiol groups is 1. The summed E-state index contributed by atoms with van der Waals surface area (Å²) in [6.45, 7) is 2.24. The predicted octanol–water partition coefficient (Wildman–Crippen LogP) is 3.26. The number of rotatable bonds is 0. The van der Waals surface area contributed by atoms with Crippen molar-refractivity contribution in [1.82, 2.24) is 0 Å². The van der Waals surface area contributed by atoms with Crippen LogP contribution in [-0.2, 0) is 0 Å². The van der Waals surface area contributed by atoms with Gasteiger partial charge in [0.15, 0.2) is 0 Å². The van der Waals surface area contributed by atoms with Gasteiger partial charge >= 0.3 is 0 Å². The van der Waals surface area contributed by atoms with Crippen molar-refractivity contribution in [3.05, 3.63) is 46.9 Å². The molecule has 0 fully saturated rings. The summed E-state index contributed by atoms with van der Waals surface area (Å²) in [6.07, 6.45) is 13.9. The fourth-order valence-corrected chi connectivity index (χ4v) is 2.00. The fraction of sp³-hybridized carbons (Fsp3) is 0.273. The van der Waals surface area contributed by atoms with Crippen molar-refractivity contribution in [2.75, 3.05) is 0 Å². The molecule has 0 aromatic rings. The zero-order valence-electron chi connectivity index (χ0n) is 7.12. The molecule has 62 valence electrons. The molecule has 0 saturated heterocycles. The summed E-state index contributed by atoms with van der Waals surface area (Å²) in [5.41, 5.74) is 1.52. The quantitative estimate of drug-likeness (QED) is 0.538. The normalized spacial score (nSPS) is 32.5. The van der Waals surface area contributed by atoms with E-state index < -0.39 is 0 Å². The van der Waals surface area contributed by atoms with Crippen LogP contribution in [0.5, 0.6) is 0 Å². The first-order chi connectivity index (χ1) is 5.73. The number of fused-ring (bicyclic) bond motifs is 1. The fourth-order valence-electron chi connectivity index (χ4n) is 1.70. The second-order valence-electron chi connectivity index (χ2n) is 3.50. The largest absolute Gasteiger partial charge is 0.147 e. The Kier molecular flexibility index (Phi) is 1.76. The first-order valence-corrected chi connectivity index (χ1v) is 4.63. The van der Waals surface area contributed by atoms with E-state index in [1.165, 1.54) is 10.5 Å². The average molecular weight is 176 g/mol. The van der Waals surface area contributed by atoms with Gasteiger partial charge in [0.2, 0.25) is 0 Å². The standard InChI is InChI=1S/C11H12S/c1-11-8-3-2-5-9(11)6-4-7-10(11)12/h2-7,12H,8H2,1H3. The molecule has 2 aliphatic carbocycles. The molecule has 2 rings (SSSR count). The maximum absolute atomic E-state index is 4.50. The van der Waals surface area contributed by atoms with E-state index in [-0.39, 0.29) is 5.41 Å². The molecule has 0 heterocycles. The van der Waals surface area contributed by atoms with Crippen molar-refractivity contribution in [3.63, 3.8) is 0 Å². The third-order valence-corrected chi connectivity index (χ3v) is 3.31. The van der Waals surface area contributed by atoms with Crippen LogP contribution < -0.4 is 0 Å². The van der Waals surface area contributed by atoms with E-state index in [0.717, 1.165) is 6.42 Å². The van der Waals surface area contributed by atoms with Crippen molar-refractivity contribution in [1.29, 1.82) is 0 Å². The lowest BCUT2D eigenvalue weighted by molar-refractivity contribution is 0.517. The Morgan fingerprint density at radius 2 is 2.17 bits per heavy atom. The molecular formula is C11H12S. The summed E-state index contributed by atoms with van der Waals surface area (Å²) < 4.78 is 0. The molecule has 0 spiro atoms. The van der Waals surface area contributed by atoms with Crippen molar-refractivity contribution in [2.45, 2.75) is 13.3 Å². The van der Waals surface area contributed by atoms with Gasteiger partial charge in [0, 0.05) is 5.41 Å². The van der Waals surface area contributed by atoms with Gasteiger partial charge in [0.1, 0.15) is 0 Å². The molecule has 1 atom stereocenters. The topological polar surface area (TPSA) is 0 Å². The lowest BCUT2D eigenvalue weighted by atomic mass is 9.74. The summed E-state index contributed by atoms with van der Waals surface area (Å²) in [6, 6.07) is 0. The van der Waals surface area contributed by atoms with Crippen LogP contribution in [0.15, 0.2) is 46.9 Å². The third-order valence-electron chi connectivity index (χ3n) is 2.67. The number of allylic oxidation sites excluding steroid dienone is 8. The van der Waals surface area contributed by atoms with E-state index in [1.807, 2.05) is 0 Å². The van der Waals surface area contributed by atoms with E-state index in [1.54, 1.807) is 0 Å². The highest BCUT2D eigenvalue weighted by Gasteiger charge is 2.31. The van der Waals surface area contributed by atoms with E-state index in [4.69, 9.17) is 0 Å². The summed E-state index contributed by atoms with van der Waals surface area (Å²) in [4.78, 5) is 1.17. The van der Waals surface area contributed by atoms with Gasteiger partial charge in [-0.25, -0.2) is 0 Å². The van der Waals surface area contributed by atoms with Gasteiger partial charge in [-0.15, -0.1) is 12.6 Å². The highest BCUT2D eigenvalue weighted by atomic mass is 32.1. The molecule has 0 bridgehead atoms. The Morgan fingerprint density at radius 3 is 2.92 bits per heavy atom. The van der Waals surface area contributed by atoms with Crippen LogP contribution in [0.3, 0.4) is 0 Å². The van der Waals surface area contributed by atoms with Gasteiger partial charge in [0.25, 0.3) is 0 Å². The Balaban J connectivity index is 2.50. The molecule has 0 aliphatic heterocycles. The predicted molar refractivity (Wildman–Crippen MR) is 56.2 cm³/mol. The van der Waals surface area contributed by atoms with Crippen molar-refractivity contribution in [2.24, 2.45) is 5.41 Å². The third kappa shape index (κ3) is 1.00. The van der Waals surface area contributed by atoms with Crippen LogP contribution in [0.2, 0.25) is 0 Å². The van der Waals surface area contributed by atoms with Crippen molar-refractivity contribution in [3.8, 4) is 0 Å². The Labute approximate surface area is 78.8 Å². The number of hydrogen-bond acceptors (Lipinski definition) is 1. The Bertz CT molecular complexity index is 318. The van der Waals surface area contributed by atoms with Crippen LogP contribution in [-0.4, -0.2) is 0 Å². The number of hydrogen-bond donors (Lipinski definition) is 1. The molecule has 2 aliphatic rings. The lowest BCUT2D eigenvalue weighted by Gasteiger charge is -2.34. The second-order valence-corrected chi connectivity index (χ2v) is 3.98. The van der Waals surface area contributed by atoms with E-state index in [2.05, 4.69) is 56.0 Å². The molecule has 12 heavy (non-hydrogen) atoms. The highest BCUT2D eigenvalue weighted by molar-refractivity contribution is 7.84. The highest BCUT2D eigenvalue weighted by Crippen LogP contribution is 2.45. The molecule has 0 nitrogen and oxygen atoms in total. The van der Waals surface area contributed by atoms with Crippen LogP contribution >= 0.6 is 12.6 Å². The smallest absolute Gasteiger partial charge is 0.0266 e. The van der Waals surface area contributed by atoms with Crippen LogP contribution in [0.25, 0.3) is 0 Å². The summed E-state index contributed by atoms with van der Waals surface area (Å²) in [5.74, 6) is 0. The van der Waals surface area contributed by atoms with Gasteiger partial charge in [0.05, 0.1) is 0 Å². The summed E-state index contributed by atoms with van der Waals surface area (Å²) in [7, 11) is 0. The maximum atomic E-state index is 4.50. The molecule has 0 radical (unpaired) electrons. The zero-order chi connectivity index (χ0) is 8.60. The van der Waals surface area contributed by atoms with Gasteiger partial charge in [-0.1, -0.05) is 43.4 Å². The zero-order valence-corrected chi connectivity index (χ0v) is 8.01. The van der Waals surface area contributed by atoms with Gasteiger partial charge in [-0.05, 0) is 16.9 Å². The molecule has 1 heteroatoms. The minimum atomic E-state index is 0.145.